The van der Waals surface area contributed by atoms with E-state index in [0.717, 1.165) is 17.2 Å². The molecule has 0 heterocycles. The number of rotatable bonds is 7. The number of hydrogen-bond acceptors (Lipinski definition) is 6. The Bertz CT molecular complexity index is 1260. The lowest BCUT2D eigenvalue weighted by atomic mass is 10.1. The van der Waals surface area contributed by atoms with Crippen molar-refractivity contribution in [2.45, 2.75) is 18.7 Å². The lowest BCUT2D eigenvalue weighted by Crippen LogP contribution is -2.14. The molecule has 3 rings (SSSR count). The maximum atomic E-state index is 12.9. The van der Waals surface area contributed by atoms with E-state index in [0.29, 0.717) is 11.3 Å². The lowest BCUT2D eigenvalue weighted by molar-refractivity contribution is -0.384. The average molecular weight is 442 g/mol. The summed E-state index contributed by atoms with van der Waals surface area (Å²) < 4.78 is 40.9. The zero-order chi connectivity index (χ0) is 22.6. The van der Waals surface area contributed by atoms with Crippen LogP contribution in [0.15, 0.2) is 70.7 Å². The van der Waals surface area contributed by atoms with E-state index in [1.165, 1.54) is 42.6 Å². The maximum Gasteiger partial charge on any atom is 0.295 e. The molecule has 10 heteroatoms. The first-order valence-corrected chi connectivity index (χ1v) is 10.6. The van der Waals surface area contributed by atoms with Crippen molar-refractivity contribution >= 4 is 33.3 Å². The van der Waals surface area contributed by atoms with Crippen LogP contribution < -0.4 is 10.1 Å². The highest BCUT2D eigenvalue weighted by atomic mass is 32.2. The predicted molar refractivity (Wildman–Crippen MR) is 117 cm³/mol. The van der Waals surface area contributed by atoms with Gasteiger partial charge in [-0.05, 0) is 55.3 Å². The second-order valence-electron chi connectivity index (χ2n) is 6.78. The number of hydrogen-bond donors (Lipinski definition) is 2. The van der Waals surface area contributed by atoms with Crippen LogP contribution in [0, 0.1) is 29.8 Å². The SMILES string of the molecule is Cc1ccc(NS(=O)(=O)c2ccc(NN=Cc3ccc(F)cc3)c([N+](=O)[O-])c2)c(C)c1. The molecular weight excluding hydrogens is 423 g/mol. The molecule has 2 N–H and O–H groups in total. The minimum atomic E-state index is -4.05. The number of nitro benzene ring substituents is 1. The lowest BCUT2D eigenvalue weighted by Gasteiger charge is -2.12. The van der Waals surface area contributed by atoms with Crippen LogP contribution in [-0.2, 0) is 10.0 Å². The van der Waals surface area contributed by atoms with Gasteiger partial charge in [-0.2, -0.15) is 5.10 Å². The van der Waals surface area contributed by atoms with Crippen LogP contribution in [-0.4, -0.2) is 19.6 Å². The normalized spacial score (nSPS) is 11.5. The van der Waals surface area contributed by atoms with E-state index < -0.39 is 26.5 Å². The number of sulfonamides is 1. The highest BCUT2D eigenvalue weighted by Gasteiger charge is 2.22. The number of nitrogens with one attached hydrogen (secondary N) is 2. The van der Waals surface area contributed by atoms with Gasteiger partial charge in [0.05, 0.1) is 21.7 Å². The van der Waals surface area contributed by atoms with E-state index in [-0.39, 0.29) is 10.6 Å². The van der Waals surface area contributed by atoms with Crippen molar-refractivity contribution in [2.24, 2.45) is 5.10 Å². The van der Waals surface area contributed by atoms with E-state index in [4.69, 9.17) is 0 Å². The summed E-state index contributed by atoms with van der Waals surface area (Å²) in [5.74, 6) is -0.396. The molecule has 0 saturated carbocycles. The third-order valence-corrected chi connectivity index (χ3v) is 5.73. The van der Waals surface area contributed by atoms with Gasteiger partial charge in [0, 0.05) is 6.07 Å². The van der Waals surface area contributed by atoms with Crippen molar-refractivity contribution in [3.05, 3.63) is 93.3 Å². The smallest absolute Gasteiger partial charge is 0.279 e. The van der Waals surface area contributed by atoms with Crippen LogP contribution in [0.4, 0.5) is 21.5 Å². The summed E-state index contributed by atoms with van der Waals surface area (Å²) in [6.07, 6.45) is 1.36. The van der Waals surface area contributed by atoms with Gasteiger partial charge in [-0.1, -0.05) is 29.8 Å². The number of nitro groups is 1. The molecule has 3 aromatic carbocycles. The summed E-state index contributed by atoms with van der Waals surface area (Å²) >= 11 is 0. The van der Waals surface area contributed by atoms with Crippen LogP contribution in [0.1, 0.15) is 16.7 Å². The molecule has 0 atom stereocenters. The van der Waals surface area contributed by atoms with Gasteiger partial charge >= 0.3 is 0 Å². The van der Waals surface area contributed by atoms with Crippen LogP contribution in [0.3, 0.4) is 0 Å². The molecule has 8 nitrogen and oxygen atoms in total. The van der Waals surface area contributed by atoms with E-state index in [2.05, 4.69) is 15.2 Å². The van der Waals surface area contributed by atoms with Crippen molar-refractivity contribution in [1.29, 1.82) is 0 Å². The molecule has 31 heavy (non-hydrogen) atoms. The summed E-state index contributed by atoms with van der Waals surface area (Å²) in [4.78, 5) is 10.5. The first-order chi connectivity index (χ1) is 14.7. The third-order valence-electron chi connectivity index (χ3n) is 4.37. The molecule has 0 aliphatic carbocycles. The molecule has 160 valence electrons. The van der Waals surface area contributed by atoms with Gasteiger partial charge in [0.1, 0.15) is 11.5 Å². The molecule has 0 fully saturated rings. The van der Waals surface area contributed by atoms with Crippen LogP contribution >= 0.6 is 0 Å². The fourth-order valence-corrected chi connectivity index (χ4v) is 3.93. The van der Waals surface area contributed by atoms with Crippen molar-refractivity contribution in [3.63, 3.8) is 0 Å². The van der Waals surface area contributed by atoms with Gasteiger partial charge in [-0.15, -0.1) is 0 Å². The number of aryl methyl sites for hydroxylation is 2. The molecule has 0 amide bonds. The summed E-state index contributed by atoms with van der Waals surface area (Å²) in [6.45, 7) is 3.65. The summed E-state index contributed by atoms with van der Waals surface area (Å²) in [5, 5.41) is 15.4. The molecule has 0 unspecified atom stereocenters. The molecule has 0 saturated heterocycles. The molecule has 0 aromatic heterocycles. The van der Waals surface area contributed by atoms with E-state index in [9.17, 15) is 22.9 Å². The van der Waals surface area contributed by atoms with E-state index in [1.54, 1.807) is 19.1 Å². The highest BCUT2D eigenvalue weighted by molar-refractivity contribution is 7.92. The number of anilines is 2. The summed E-state index contributed by atoms with van der Waals surface area (Å²) in [6, 6.07) is 14.2. The molecule has 0 aliphatic rings. The Morgan fingerprint density at radius 3 is 2.32 bits per heavy atom. The standard InChI is InChI=1S/C21H19FN4O4S/c1-14-3-9-19(15(2)11-14)25-31(29,30)18-8-10-20(21(12-18)26(27)28)24-23-13-16-4-6-17(22)7-5-16/h3-13,24-25H,1-2H3. The second kappa shape index (κ2) is 8.92. The number of nitrogens with zero attached hydrogens (tertiary/aromatic N) is 2. The fourth-order valence-electron chi connectivity index (χ4n) is 2.78. The van der Waals surface area contributed by atoms with Crippen molar-refractivity contribution in [2.75, 3.05) is 10.1 Å². The molecule has 0 spiro atoms. The topological polar surface area (TPSA) is 114 Å². The zero-order valence-corrected chi connectivity index (χ0v) is 17.5. The van der Waals surface area contributed by atoms with Crippen molar-refractivity contribution < 1.29 is 17.7 Å². The minimum absolute atomic E-state index is 0.00817. The van der Waals surface area contributed by atoms with E-state index in [1.807, 2.05) is 13.0 Å². The van der Waals surface area contributed by atoms with Crippen molar-refractivity contribution in [3.8, 4) is 0 Å². The maximum absolute atomic E-state index is 12.9. The average Bonchev–Trinajstić information content (AvgIpc) is 2.71. The Kier molecular flexibility index (Phi) is 6.30. The van der Waals surface area contributed by atoms with Gasteiger partial charge in [-0.3, -0.25) is 20.3 Å². The molecule has 0 aliphatic heterocycles. The number of halogens is 1. The predicted octanol–water partition coefficient (Wildman–Crippen LogP) is 4.60. The first-order valence-electron chi connectivity index (χ1n) is 9.09. The largest absolute Gasteiger partial charge is 0.295 e. The summed E-state index contributed by atoms with van der Waals surface area (Å²) in [5.41, 5.74) is 4.74. The van der Waals surface area contributed by atoms with Crippen LogP contribution in [0.25, 0.3) is 0 Å². The Morgan fingerprint density at radius 1 is 1.00 bits per heavy atom. The van der Waals surface area contributed by atoms with Gasteiger partial charge in [0.15, 0.2) is 0 Å². The Hall–Kier alpha value is -3.79. The number of hydrazone groups is 1. The van der Waals surface area contributed by atoms with E-state index >= 15 is 0 Å². The Morgan fingerprint density at radius 2 is 1.68 bits per heavy atom. The fraction of sp³-hybridized carbons (Fsp3) is 0.0952. The molecular formula is C21H19FN4O4S. The van der Waals surface area contributed by atoms with Gasteiger partial charge in [0.25, 0.3) is 15.7 Å². The first kappa shape index (κ1) is 21.9. The van der Waals surface area contributed by atoms with Crippen molar-refractivity contribution in [1.82, 2.24) is 0 Å². The minimum Gasteiger partial charge on any atom is -0.279 e. The van der Waals surface area contributed by atoms with Gasteiger partial charge in [-0.25, -0.2) is 12.8 Å². The Labute approximate surface area is 178 Å². The highest BCUT2D eigenvalue weighted by Crippen LogP contribution is 2.29. The molecule has 3 aromatic rings. The zero-order valence-electron chi connectivity index (χ0n) is 16.7. The molecule has 0 radical (unpaired) electrons. The van der Waals surface area contributed by atoms with Gasteiger partial charge < -0.3 is 0 Å². The van der Waals surface area contributed by atoms with Crippen LogP contribution in [0.5, 0.6) is 0 Å². The summed E-state index contributed by atoms with van der Waals surface area (Å²) in [7, 11) is -4.05. The molecule has 0 bridgehead atoms. The second-order valence-corrected chi connectivity index (χ2v) is 8.46. The monoisotopic (exact) mass is 442 g/mol. The number of benzene rings is 3. The quantitative estimate of drug-likeness (QED) is 0.315. The Balaban J connectivity index is 1.85. The van der Waals surface area contributed by atoms with Crippen LogP contribution in [0.2, 0.25) is 0 Å². The third kappa shape index (κ3) is 5.43. The van der Waals surface area contributed by atoms with Gasteiger partial charge in [0.2, 0.25) is 0 Å².